The summed E-state index contributed by atoms with van der Waals surface area (Å²) in [6.07, 6.45) is 0. The topological polar surface area (TPSA) is 93.7 Å². The van der Waals surface area contributed by atoms with E-state index in [4.69, 9.17) is 9.47 Å². The molecule has 0 fully saturated rings. The van der Waals surface area contributed by atoms with E-state index >= 15 is 0 Å². The molecule has 1 amide bonds. The van der Waals surface area contributed by atoms with Gasteiger partial charge in [0.15, 0.2) is 0 Å². The number of hydrogen-bond donors (Lipinski definition) is 2. The van der Waals surface area contributed by atoms with Crippen molar-refractivity contribution in [1.82, 2.24) is 10.0 Å². The number of carbonyl (C=O) groups is 1. The van der Waals surface area contributed by atoms with Crippen LogP contribution >= 0.6 is 0 Å². The second kappa shape index (κ2) is 8.68. The smallest absolute Gasteiger partial charge is 0.241 e. The molecule has 2 rings (SSSR count). The number of hydrogen-bond acceptors (Lipinski definition) is 5. The summed E-state index contributed by atoms with van der Waals surface area (Å²) in [5.41, 5.74) is 1.49. The number of benzene rings is 2. The van der Waals surface area contributed by atoms with E-state index in [0.717, 1.165) is 5.56 Å². The molecule has 0 radical (unpaired) electrons. The van der Waals surface area contributed by atoms with Crippen molar-refractivity contribution in [1.29, 1.82) is 0 Å². The molecule has 0 unspecified atom stereocenters. The maximum Gasteiger partial charge on any atom is 0.241 e. The van der Waals surface area contributed by atoms with E-state index in [2.05, 4.69) is 10.0 Å². The lowest BCUT2D eigenvalue weighted by atomic mass is 10.2. The van der Waals surface area contributed by atoms with E-state index < -0.39 is 15.9 Å². The molecule has 0 atom stereocenters. The van der Waals surface area contributed by atoms with Crippen LogP contribution in [0.1, 0.15) is 11.1 Å². The summed E-state index contributed by atoms with van der Waals surface area (Å²) in [6.45, 7) is 1.63. The molecule has 0 saturated heterocycles. The standard InChI is InChI=1S/C18H22N2O5S/c1-13-10-15(8-9-16(13)24-2)26(22,23)20-12-18(21)19-11-14-6-4-5-7-17(14)25-3/h4-10,20H,11-12H2,1-3H3,(H,19,21). The molecule has 0 aromatic heterocycles. The van der Waals surface area contributed by atoms with E-state index in [1.807, 2.05) is 18.2 Å². The van der Waals surface area contributed by atoms with Crippen LogP contribution in [0.15, 0.2) is 47.4 Å². The first-order valence-electron chi connectivity index (χ1n) is 7.90. The largest absolute Gasteiger partial charge is 0.496 e. The molecule has 0 aliphatic rings. The molecule has 0 saturated carbocycles. The van der Waals surface area contributed by atoms with Gasteiger partial charge in [-0.15, -0.1) is 0 Å². The van der Waals surface area contributed by atoms with Gasteiger partial charge in [-0.05, 0) is 36.8 Å². The molecule has 2 aromatic rings. The van der Waals surface area contributed by atoms with Gasteiger partial charge in [-0.2, -0.15) is 0 Å². The fourth-order valence-corrected chi connectivity index (χ4v) is 3.43. The molecular formula is C18H22N2O5S. The van der Waals surface area contributed by atoms with Crippen LogP contribution in [-0.4, -0.2) is 35.1 Å². The maximum absolute atomic E-state index is 12.3. The second-order valence-corrected chi connectivity index (χ2v) is 7.31. The highest BCUT2D eigenvalue weighted by Gasteiger charge is 2.17. The maximum atomic E-state index is 12.3. The third-order valence-corrected chi connectivity index (χ3v) is 5.17. The predicted octanol–water partition coefficient (Wildman–Crippen LogP) is 1.61. The summed E-state index contributed by atoms with van der Waals surface area (Å²) in [7, 11) is -0.728. The molecule has 2 aromatic carbocycles. The summed E-state index contributed by atoms with van der Waals surface area (Å²) in [6, 6.07) is 11.8. The van der Waals surface area contributed by atoms with Crippen molar-refractivity contribution in [2.24, 2.45) is 0 Å². The lowest BCUT2D eigenvalue weighted by molar-refractivity contribution is -0.120. The van der Waals surface area contributed by atoms with E-state index in [1.54, 1.807) is 26.2 Å². The van der Waals surface area contributed by atoms with Crippen LogP contribution in [0.25, 0.3) is 0 Å². The van der Waals surface area contributed by atoms with Crippen molar-refractivity contribution in [2.75, 3.05) is 20.8 Å². The van der Waals surface area contributed by atoms with Crippen LogP contribution in [0.5, 0.6) is 11.5 Å². The highest BCUT2D eigenvalue weighted by molar-refractivity contribution is 7.89. The van der Waals surface area contributed by atoms with Gasteiger partial charge in [-0.3, -0.25) is 4.79 Å². The van der Waals surface area contributed by atoms with Gasteiger partial charge in [0.05, 0.1) is 25.7 Å². The van der Waals surface area contributed by atoms with Crippen molar-refractivity contribution >= 4 is 15.9 Å². The molecule has 140 valence electrons. The van der Waals surface area contributed by atoms with E-state index in [1.165, 1.54) is 19.2 Å². The van der Waals surface area contributed by atoms with Crippen LogP contribution in [0, 0.1) is 6.92 Å². The number of ether oxygens (including phenoxy) is 2. The molecular weight excluding hydrogens is 356 g/mol. The van der Waals surface area contributed by atoms with Crippen LogP contribution in [0.4, 0.5) is 0 Å². The third-order valence-electron chi connectivity index (χ3n) is 3.77. The fraction of sp³-hybridized carbons (Fsp3) is 0.278. The average Bonchev–Trinajstić information content (AvgIpc) is 2.64. The number of para-hydroxylation sites is 1. The summed E-state index contributed by atoms with van der Waals surface area (Å²) in [4.78, 5) is 12.0. The Morgan fingerprint density at radius 3 is 2.38 bits per heavy atom. The lowest BCUT2D eigenvalue weighted by Crippen LogP contribution is -2.36. The van der Waals surface area contributed by atoms with Crippen LogP contribution in [-0.2, 0) is 21.4 Å². The normalized spacial score (nSPS) is 11.0. The zero-order chi connectivity index (χ0) is 19.2. The van der Waals surface area contributed by atoms with Gasteiger partial charge in [0.2, 0.25) is 15.9 Å². The third kappa shape index (κ3) is 4.96. The summed E-state index contributed by atoms with van der Waals surface area (Å²) in [5.74, 6) is 0.810. The molecule has 26 heavy (non-hydrogen) atoms. The lowest BCUT2D eigenvalue weighted by Gasteiger charge is -2.11. The highest BCUT2D eigenvalue weighted by atomic mass is 32.2. The van der Waals surface area contributed by atoms with Crippen LogP contribution in [0.3, 0.4) is 0 Å². The fourth-order valence-electron chi connectivity index (χ4n) is 2.37. The minimum absolute atomic E-state index is 0.0772. The van der Waals surface area contributed by atoms with Crippen LogP contribution in [0.2, 0.25) is 0 Å². The van der Waals surface area contributed by atoms with Gasteiger partial charge in [0, 0.05) is 12.1 Å². The minimum Gasteiger partial charge on any atom is -0.496 e. The summed E-state index contributed by atoms with van der Waals surface area (Å²) < 4.78 is 37.2. The Morgan fingerprint density at radius 2 is 1.73 bits per heavy atom. The van der Waals surface area contributed by atoms with Crippen molar-refractivity contribution in [3.63, 3.8) is 0 Å². The van der Waals surface area contributed by atoms with Gasteiger partial charge in [0.1, 0.15) is 11.5 Å². The quantitative estimate of drug-likeness (QED) is 0.728. The van der Waals surface area contributed by atoms with Gasteiger partial charge >= 0.3 is 0 Å². The molecule has 8 heteroatoms. The second-order valence-electron chi connectivity index (χ2n) is 5.54. The Morgan fingerprint density at radius 1 is 1.04 bits per heavy atom. The number of methoxy groups -OCH3 is 2. The summed E-state index contributed by atoms with van der Waals surface area (Å²) in [5, 5.41) is 2.66. The first-order chi connectivity index (χ1) is 12.4. The van der Waals surface area contributed by atoms with Gasteiger partial charge in [0.25, 0.3) is 0 Å². The van der Waals surface area contributed by atoms with Crippen molar-refractivity contribution in [3.05, 3.63) is 53.6 Å². The Kier molecular flexibility index (Phi) is 6.59. The SMILES string of the molecule is COc1ccc(S(=O)(=O)NCC(=O)NCc2ccccc2OC)cc1C. The van der Waals surface area contributed by atoms with Gasteiger partial charge < -0.3 is 14.8 Å². The Balaban J connectivity index is 1.94. The zero-order valence-electron chi connectivity index (χ0n) is 14.9. The first kappa shape index (κ1) is 19.7. The Hall–Kier alpha value is -2.58. The Labute approximate surface area is 153 Å². The van der Waals surface area contributed by atoms with Crippen molar-refractivity contribution in [3.8, 4) is 11.5 Å². The van der Waals surface area contributed by atoms with E-state index in [0.29, 0.717) is 17.1 Å². The number of rotatable bonds is 8. The molecule has 7 nitrogen and oxygen atoms in total. The number of sulfonamides is 1. The van der Waals surface area contributed by atoms with Gasteiger partial charge in [-0.1, -0.05) is 18.2 Å². The number of nitrogens with one attached hydrogen (secondary N) is 2. The number of carbonyl (C=O) groups excluding carboxylic acids is 1. The highest BCUT2D eigenvalue weighted by Crippen LogP contribution is 2.21. The molecule has 2 N–H and O–H groups in total. The van der Waals surface area contributed by atoms with Crippen molar-refractivity contribution in [2.45, 2.75) is 18.4 Å². The Bertz CT molecular complexity index is 881. The number of aryl methyl sites for hydroxylation is 1. The molecule has 0 aliphatic heterocycles. The summed E-state index contributed by atoms with van der Waals surface area (Å²) >= 11 is 0. The molecule has 0 aliphatic carbocycles. The van der Waals surface area contributed by atoms with Crippen LogP contribution < -0.4 is 19.5 Å². The zero-order valence-corrected chi connectivity index (χ0v) is 15.7. The first-order valence-corrected chi connectivity index (χ1v) is 9.38. The van der Waals surface area contributed by atoms with E-state index in [9.17, 15) is 13.2 Å². The molecule has 0 bridgehead atoms. The minimum atomic E-state index is -3.79. The van der Waals surface area contributed by atoms with Gasteiger partial charge in [-0.25, -0.2) is 13.1 Å². The molecule has 0 heterocycles. The monoisotopic (exact) mass is 378 g/mol. The van der Waals surface area contributed by atoms with E-state index in [-0.39, 0.29) is 18.0 Å². The number of amides is 1. The molecule has 0 spiro atoms. The predicted molar refractivity (Wildman–Crippen MR) is 97.8 cm³/mol. The average molecular weight is 378 g/mol. The van der Waals surface area contributed by atoms with Crippen molar-refractivity contribution < 1.29 is 22.7 Å².